The molecule has 0 aliphatic heterocycles. The highest BCUT2D eigenvalue weighted by Gasteiger charge is 2.34. The SMILES string of the molecule is CC(C)(C)n1c(C2CC2)nc(-c2ccc(Br)cc2Cl)c1N. The number of rotatable bonds is 2. The number of nitrogens with zero attached hydrogens (tertiary/aromatic N) is 2. The maximum Gasteiger partial charge on any atom is 0.132 e. The van der Waals surface area contributed by atoms with E-state index < -0.39 is 0 Å². The van der Waals surface area contributed by atoms with Crippen LogP contribution in [-0.2, 0) is 5.54 Å². The molecule has 0 saturated heterocycles. The third-order valence-electron chi connectivity index (χ3n) is 3.74. The average Bonchev–Trinajstić information content (AvgIpc) is 3.13. The molecule has 0 spiro atoms. The van der Waals surface area contributed by atoms with Crippen LogP contribution in [0.3, 0.4) is 0 Å². The fourth-order valence-electron chi connectivity index (χ4n) is 2.65. The van der Waals surface area contributed by atoms with E-state index in [1.54, 1.807) is 0 Å². The van der Waals surface area contributed by atoms with Crippen molar-refractivity contribution < 1.29 is 0 Å². The largest absolute Gasteiger partial charge is 0.383 e. The molecule has 1 aromatic carbocycles. The van der Waals surface area contributed by atoms with Crippen molar-refractivity contribution >= 4 is 33.3 Å². The molecule has 3 rings (SSSR count). The van der Waals surface area contributed by atoms with Gasteiger partial charge in [-0.3, -0.25) is 0 Å². The van der Waals surface area contributed by atoms with Crippen LogP contribution >= 0.6 is 27.5 Å². The number of benzene rings is 1. The van der Waals surface area contributed by atoms with Crippen LogP contribution in [0.1, 0.15) is 45.4 Å². The van der Waals surface area contributed by atoms with Crippen molar-refractivity contribution in [3.05, 3.63) is 33.5 Å². The normalized spacial score (nSPS) is 15.5. The zero-order chi connectivity index (χ0) is 15.4. The molecule has 0 amide bonds. The quantitative estimate of drug-likeness (QED) is 0.793. The van der Waals surface area contributed by atoms with Gasteiger partial charge in [0.1, 0.15) is 17.3 Å². The summed E-state index contributed by atoms with van der Waals surface area (Å²) < 4.78 is 3.12. The van der Waals surface area contributed by atoms with Crippen molar-refractivity contribution in [3.63, 3.8) is 0 Å². The Morgan fingerprint density at radius 1 is 1.33 bits per heavy atom. The predicted octanol–water partition coefficient (Wildman–Crippen LogP) is 5.18. The minimum atomic E-state index is -0.0882. The molecule has 21 heavy (non-hydrogen) atoms. The van der Waals surface area contributed by atoms with Crippen LogP contribution in [0.2, 0.25) is 5.02 Å². The van der Waals surface area contributed by atoms with Crippen LogP contribution < -0.4 is 5.73 Å². The van der Waals surface area contributed by atoms with Gasteiger partial charge in [-0.25, -0.2) is 4.98 Å². The molecule has 1 aromatic heterocycles. The molecule has 1 aliphatic rings. The fraction of sp³-hybridized carbons (Fsp3) is 0.438. The molecule has 3 nitrogen and oxygen atoms in total. The van der Waals surface area contributed by atoms with Crippen LogP contribution in [0.15, 0.2) is 22.7 Å². The lowest BCUT2D eigenvalue weighted by Crippen LogP contribution is -2.25. The highest BCUT2D eigenvalue weighted by Crippen LogP contribution is 2.45. The summed E-state index contributed by atoms with van der Waals surface area (Å²) in [4.78, 5) is 4.84. The number of halogens is 2. The van der Waals surface area contributed by atoms with Crippen LogP contribution in [0.5, 0.6) is 0 Å². The fourth-order valence-corrected chi connectivity index (χ4v) is 3.41. The molecule has 1 fully saturated rings. The molecular weight excluding hydrogens is 350 g/mol. The van der Waals surface area contributed by atoms with E-state index in [0.717, 1.165) is 21.6 Å². The Morgan fingerprint density at radius 3 is 2.52 bits per heavy atom. The van der Waals surface area contributed by atoms with Crippen LogP contribution in [0.4, 0.5) is 5.82 Å². The monoisotopic (exact) mass is 367 g/mol. The lowest BCUT2D eigenvalue weighted by Gasteiger charge is -2.25. The summed E-state index contributed by atoms with van der Waals surface area (Å²) in [5.74, 6) is 2.33. The van der Waals surface area contributed by atoms with E-state index in [0.29, 0.717) is 16.8 Å². The standard InChI is InChI=1S/C16H19BrClN3/c1-16(2,3)21-14(19)13(20-15(21)9-4-5-9)11-7-6-10(17)8-12(11)18/h6-9H,4-5,19H2,1-3H3. The summed E-state index contributed by atoms with van der Waals surface area (Å²) in [6, 6.07) is 5.81. The Labute approximate surface area is 138 Å². The molecule has 0 atom stereocenters. The zero-order valence-electron chi connectivity index (χ0n) is 12.5. The van der Waals surface area contributed by atoms with E-state index in [1.807, 2.05) is 18.2 Å². The smallest absolute Gasteiger partial charge is 0.132 e. The Hall–Kier alpha value is -1.00. The van der Waals surface area contributed by atoms with E-state index in [1.165, 1.54) is 12.8 Å². The number of imidazole rings is 1. The van der Waals surface area contributed by atoms with Crippen LogP contribution in [0, 0.1) is 0 Å². The second kappa shape index (κ2) is 5.03. The van der Waals surface area contributed by atoms with E-state index in [4.69, 9.17) is 22.3 Å². The first kappa shape index (κ1) is 14.9. The zero-order valence-corrected chi connectivity index (χ0v) is 14.8. The van der Waals surface area contributed by atoms with Gasteiger partial charge >= 0.3 is 0 Å². The molecule has 1 heterocycles. The van der Waals surface area contributed by atoms with Crippen molar-refractivity contribution in [1.82, 2.24) is 9.55 Å². The number of anilines is 1. The molecule has 1 saturated carbocycles. The van der Waals surface area contributed by atoms with Crippen molar-refractivity contribution in [1.29, 1.82) is 0 Å². The highest BCUT2D eigenvalue weighted by molar-refractivity contribution is 9.10. The molecular formula is C16H19BrClN3. The second-order valence-electron chi connectivity index (χ2n) is 6.61. The maximum atomic E-state index is 6.42. The van der Waals surface area contributed by atoms with Crippen molar-refractivity contribution in [3.8, 4) is 11.3 Å². The van der Waals surface area contributed by atoms with Gasteiger partial charge in [0.25, 0.3) is 0 Å². The molecule has 0 unspecified atom stereocenters. The summed E-state index contributed by atoms with van der Waals surface area (Å²) in [5, 5.41) is 0.664. The minimum absolute atomic E-state index is 0.0882. The number of aromatic nitrogens is 2. The number of nitrogens with two attached hydrogens (primary N) is 1. The molecule has 2 aromatic rings. The van der Waals surface area contributed by atoms with Crippen molar-refractivity contribution in [2.24, 2.45) is 0 Å². The van der Waals surface area contributed by atoms with Gasteiger partial charge in [-0.05, 0) is 45.7 Å². The van der Waals surface area contributed by atoms with Crippen LogP contribution in [0.25, 0.3) is 11.3 Å². The van der Waals surface area contributed by atoms with Gasteiger partial charge in [-0.1, -0.05) is 33.6 Å². The molecule has 2 N–H and O–H groups in total. The summed E-state index contributed by atoms with van der Waals surface area (Å²) >= 11 is 9.80. The lowest BCUT2D eigenvalue weighted by atomic mass is 10.1. The first-order chi connectivity index (χ1) is 9.79. The Bertz CT molecular complexity index is 696. The van der Waals surface area contributed by atoms with E-state index in [9.17, 15) is 0 Å². The third-order valence-corrected chi connectivity index (χ3v) is 4.54. The lowest BCUT2D eigenvalue weighted by molar-refractivity contribution is 0.388. The first-order valence-electron chi connectivity index (χ1n) is 7.13. The third kappa shape index (κ3) is 2.71. The van der Waals surface area contributed by atoms with E-state index in [2.05, 4.69) is 41.3 Å². The Kier molecular flexibility index (Phi) is 3.57. The minimum Gasteiger partial charge on any atom is -0.383 e. The van der Waals surface area contributed by atoms with Gasteiger partial charge in [0.05, 0.1) is 5.02 Å². The van der Waals surface area contributed by atoms with Crippen molar-refractivity contribution in [2.45, 2.75) is 45.1 Å². The van der Waals surface area contributed by atoms with Crippen molar-refractivity contribution in [2.75, 3.05) is 5.73 Å². The molecule has 0 bridgehead atoms. The van der Waals surface area contributed by atoms with Gasteiger partial charge < -0.3 is 10.3 Å². The van der Waals surface area contributed by atoms with E-state index in [-0.39, 0.29) is 5.54 Å². The summed E-state index contributed by atoms with van der Waals surface area (Å²) in [6.45, 7) is 6.47. The molecule has 0 radical (unpaired) electrons. The van der Waals surface area contributed by atoms with Gasteiger partial charge in [-0.15, -0.1) is 0 Å². The molecule has 112 valence electrons. The number of nitrogen functional groups attached to an aromatic ring is 1. The van der Waals surface area contributed by atoms with E-state index >= 15 is 0 Å². The summed E-state index contributed by atoms with van der Waals surface area (Å²) in [6.07, 6.45) is 2.39. The first-order valence-corrected chi connectivity index (χ1v) is 8.30. The molecule has 5 heteroatoms. The topological polar surface area (TPSA) is 43.8 Å². The summed E-state index contributed by atoms with van der Waals surface area (Å²) in [5.41, 5.74) is 8.02. The maximum absolute atomic E-state index is 6.42. The number of hydrogen-bond donors (Lipinski definition) is 1. The second-order valence-corrected chi connectivity index (χ2v) is 7.93. The van der Waals surface area contributed by atoms with Gasteiger partial charge in [-0.2, -0.15) is 0 Å². The Morgan fingerprint density at radius 2 is 2.00 bits per heavy atom. The molecule has 1 aliphatic carbocycles. The number of hydrogen-bond acceptors (Lipinski definition) is 2. The van der Waals surface area contributed by atoms with Gasteiger partial charge in [0.2, 0.25) is 0 Å². The highest BCUT2D eigenvalue weighted by atomic mass is 79.9. The van der Waals surface area contributed by atoms with Crippen LogP contribution in [-0.4, -0.2) is 9.55 Å². The van der Waals surface area contributed by atoms with Gasteiger partial charge in [0, 0.05) is 21.5 Å². The average molecular weight is 369 g/mol. The Balaban J connectivity index is 2.20. The predicted molar refractivity (Wildman–Crippen MR) is 91.8 cm³/mol. The van der Waals surface area contributed by atoms with Gasteiger partial charge in [0.15, 0.2) is 0 Å². The summed E-state index contributed by atoms with van der Waals surface area (Å²) in [7, 11) is 0.